The van der Waals surface area contributed by atoms with Crippen molar-refractivity contribution in [3.05, 3.63) is 77.4 Å². The number of hydrogen-bond acceptors (Lipinski definition) is 9. The first-order valence-corrected chi connectivity index (χ1v) is 20.0. The molecule has 1 aromatic carbocycles. The number of alkyl halides is 3. The molecule has 5 aliphatic carbocycles. The summed E-state index contributed by atoms with van der Waals surface area (Å²) < 4.78 is 49.6. The average molecular weight is 785 g/mol. The summed E-state index contributed by atoms with van der Waals surface area (Å²) in [5.74, 6) is -1.27. The number of allylic oxidation sites excluding steroid dienone is 6. The highest BCUT2D eigenvalue weighted by Crippen LogP contribution is 2.65. The van der Waals surface area contributed by atoms with Gasteiger partial charge in [0.2, 0.25) is 5.78 Å². The van der Waals surface area contributed by atoms with Crippen molar-refractivity contribution in [2.45, 2.75) is 121 Å². The fourth-order valence-electron chi connectivity index (χ4n) is 10.4. The quantitative estimate of drug-likeness (QED) is 0.0911. The Bertz CT molecular complexity index is 1760. The SMILES string of the molecule is C[C@]12CCC(=O)C=C1CC[C@@H]1C2=CC[C@@]2(C)[C@H]1CC[C@]2(O)C(=O)COC(=O)CCC/C=C\C[C@@H]1[C@@H](/C=C/[C@@H](O)COc2cccc(C(F)(F)F)c2)[C@H](O)C[C@@H]1O. The van der Waals surface area contributed by atoms with Crippen molar-refractivity contribution < 1.29 is 57.5 Å². The van der Waals surface area contributed by atoms with E-state index in [1.165, 1.54) is 29.4 Å². The number of unbranched alkanes of at least 4 members (excludes halogenated alkanes) is 1. The minimum atomic E-state index is -4.52. The van der Waals surface area contributed by atoms with Crippen molar-refractivity contribution in [1.82, 2.24) is 0 Å². The number of carbonyl (C=O) groups excluding carboxylic acids is 3. The second-order valence-corrected chi connectivity index (χ2v) is 17.0. The summed E-state index contributed by atoms with van der Waals surface area (Å²) in [5.41, 5.74) is -0.694. The van der Waals surface area contributed by atoms with Crippen LogP contribution in [0, 0.1) is 34.5 Å². The Labute approximate surface area is 326 Å². The number of halogens is 3. The molecule has 56 heavy (non-hydrogen) atoms. The molecule has 9 nitrogen and oxygen atoms in total. The predicted octanol–water partition coefficient (Wildman–Crippen LogP) is 6.77. The lowest BCUT2D eigenvalue weighted by atomic mass is 9.50. The second kappa shape index (κ2) is 16.7. The van der Waals surface area contributed by atoms with Gasteiger partial charge in [-0.1, -0.05) is 61.4 Å². The van der Waals surface area contributed by atoms with Crippen molar-refractivity contribution in [3.8, 4) is 5.75 Å². The number of ketones is 2. The van der Waals surface area contributed by atoms with Crippen LogP contribution >= 0.6 is 0 Å². The maximum Gasteiger partial charge on any atom is 0.416 e. The average Bonchev–Trinajstić information content (AvgIpc) is 3.59. The highest BCUT2D eigenvalue weighted by atomic mass is 19.4. The minimum absolute atomic E-state index is 0.0369. The number of esters is 1. The molecule has 0 spiro atoms. The van der Waals surface area contributed by atoms with Gasteiger partial charge in [0.1, 0.15) is 24.1 Å². The van der Waals surface area contributed by atoms with E-state index in [4.69, 9.17) is 9.47 Å². The van der Waals surface area contributed by atoms with E-state index < -0.39 is 65.3 Å². The zero-order chi connectivity index (χ0) is 40.5. The van der Waals surface area contributed by atoms with Crippen molar-refractivity contribution in [1.29, 1.82) is 0 Å². The van der Waals surface area contributed by atoms with E-state index in [0.29, 0.717) is 44.9 Å². The largest absolute Gasteiger partial charge is 0.491 e. The van der Waals surface area contributed by atoms with Crippen molar-refractivity contribution in [2.75, 3.05) is 13.2 Å². The van der Waals surface area contributed by atoms with Gasteiger partial charge < -0.3 is 29.9 Å². The lowest BCUT2D eigenvalue weighted by Crippen LogP contribution is -2.55. The number of hydrogen-bond donors (Lipinski definition) is 4. The van der Waals surface area contributed by atoms with Crippen LogP contribution in [-0.2, 0) is 25.3 Å². The first-order chi connectivity index (χ1) is 26.5. The number of fused-ring (bicyclic) bond motifs is 5. The fraction of sp³-hybridized carbons (Fsp3) is 0.614. The number of ether oxygens (including phenoxy) is 2. The molecule has 306 valence electrons. The molecule has 5 aliphatic rings. The van der Waals surface area contributed by atoms with Crippen LogP contribution in [0.5, 0.6) is 5.75 Å². The maximum atomic E-state index is 13.5. The molecular formula is C44H55F3O9. The van der Waals surface area contributed by atoms with Gasteiger partial charge in [0.15, 0.2) is 12.4 Å². The lowest BCUT2D eigenvalue weighted by Gasteiger charge is -2.54. The van der Waals surface area contributed by atoms with E-state index in [1.807, 2.05) is 25.2 Å². The van der Waals surface area contributed by atoms with Crippen molar-refractivity contribution in [2.24, 2.45) is 34.5 Å². The normalized spacial score (nSPS) is 34.8. The molecule has 0 amide bonds. The molecular weight excluding hydrogens is 729 g/mol. The Morgan fingerprint density at radius 2 is 1.86 bits per heavy atom. The van der Waals surface area contributed by atoms with Gasteiger partial charge in [0.25, 0.3) is 0 Å². The topological polar surface area (TPSA) is 151 Å². The summed E-state index contributed by atoms with van der Waals surface area (Å²) in [7, 11) is 0. The third kappa shape index (κ3) is 8.49. The van der Waals surface area contributed by atoms with Gasteiger partial charge >= 0.3 is 12.1 Å². The van der Waals surface area contributed by atoms with Crippen molar-refractivity contribution >= 4 is 17.5 Å². The zero-order valence-electron chi connectivity index (χ0n) is 32.2. The fourth-order valence-corrected chi connectivity index (χ4v) is 10.4. The summed E-state index contributed by atoms with van der Waals surface area (Å²) in [4.78, 5) is 38.3. The molecule has 1 aromatic rings. The molecule has 0 unspecified atom stereocenters. The molecule has 0 heterocycles. The van der Waals surface area contributed by atoms with Crippen molar-refractivity contribution in [3.63, 3.8) is 0 Å². The Hall–Kier alpha value is -3.58. The summed E-state index contributed by atoms with van der Waals surface area (Å²) in [6.45, 7) is 3.45. The summed E-state index contributed by atoms with van der Waals surface area (Å²) in [6, 6.07) is 4.36. The van der Waals surface area contributed by atoms with E-state index in [1.54, 1.807) is 6.08 Å². The zero-order valence-corrected chi connectivity index (χ0v) is 32.2. The molecule has 12 heteroatoms. The van der Waals surface area contributed by atoms with Crippen LogP contribution in [0.3, 0.4) is 0 Å². The number of carbonyl (C=O) groups is 3. The van der Waals surface area contributed by atoms with Crippen LogP contribution in [0.15, 0.2) is 71.9 Å². The Balaban J connectivity index is 0.928. The Morgan fingerprint density at radius 1 is 1.07 bits per heavy atom. The van der Waals surface area contributed by atoms with Gasteiger partial charge in [-0.15, -0.1) is 0 Å². The van der Waals surface area contributed by atoms with Gasteiger partial charge in [0.05, 0.1) is 17.8 Å². The molecule has 4 N–H and O–H groups in total. The first-order valence-electron chi connectivity index (χ1n) is 20.0. The van der Waals surface area contributed by atoms with Crippen LogP contribution in [-0.4, -0.2) is 75.1 Å². The molecule has 6 rings (SSSR count). The number of benzene rings is 1. The van der Waals surface area contributed by atoms with Gasteiger partial charge in [0, 0.05) is 36.0 Å². The highest BCUT2D eigenvalue weighted by molar-refractivity contribution is 5.92. The first kappa shape index (κ1) is 42.0. The summed E-state index contributed by atoms with van der Waals surface area (Å²) in [5, 5.41) is 43.4. The number of aliphatic hydroxyl groups is 4. The lowest BCUT2D eigenvalue weighted by molar-refractivity contribution is -0.163. The number of Topliss-reactive ketones (excluding diaryl/α,β-unsaturated/α-hetero) is 1. The van der Waals surface area contributed by atoms with Crippen LogP contribution in [0.25, 0.3) is 0 Å². The van der Waals surface area contributed by atoms with Crippen LogP contribution in [0.2, 0.25) is 0 Å². The number of aliphatic hydroxyl groups excluding tert-OH is 3. The molecule has 0 aromatic heterocycles. The van der Waals surface area contributed by atoms with Gasteiger partial charge in [-0.25, -0.2) is 0 Å². The van der Waals surface area contributed by atoms with Gasteiger partial charge in [-0.05, 0) is 99.8 Å². The molecule has 3 fully saturated rings. The minimum Gasteiger partial charge on any atom is -0.491 e. The van der Waals surface area contributed by atoms with Crippen LogP contribution in [0.1, 0.15) is 96.5 Å². The molecule has 0 bridgehead atoms. The standard InChI is InChI=1S/C44H55F3O9/c1-41-19-16-29(48)22-27(41)12-14-34-35(41)17-20-42(2)36(34)18-21-43(42,54)39(52)26-56-40(53)11-6-4-3-5-10-32-33(38(51)24-37(32)50)15-13-30(49)25-55-31-9-7-8-28(23-31)44(45,46)47/h3,5,7-9,13,15,17,22-23,30,32-34,36-38,49-51,54H,4,6,10-12,14,16,18-21,24-26H2,1-2H3/b5-3-,15-13+/t30-,32-,33-,34-,36+,37+,38-,41+,42+,43+/m1/s1. The summed E-state index contributed by atoms with van der Waals surface area (Å²) >= 11 is 0. The molecule has 10 atom stereocenters. The van der Waals surface area contributed by atoms with Gasteiger partial charge in [-0.3, -0.25) is 14.4 Å². The third-order valence-corrected chi connectivity index (χ3v) is 13.7. The Kier molecular flexibility index (Phi) is 12.6. The van der Waals surface area contributed by atoms with E-state index in [2.05, 4.69) is 13.0 Å². The van der Waals surface area contributed by atoms with Crippen LogP contribution in [0.4, 0.5) is 13.2 Å². The third-order valence-electron chi connectivity index (χ3n) is 13.7. The molecule has 0 aliphatic heterocycles. The van der Waals surface area contributed by atoms with E-state index in [0.717, 1.165) is 31.4 Å². The van der Waals surface area contributed by atoms with Gasteiger partial charge in [-0.2, -0.15) is 13.2 Å². The predicted molar refractivity (Wildman–Crippen MR) is 201 cm³/mol. The second-order valence-electron chi connectivity index (χ2n) is 17.0. The highest BCUT2D eigenvalue weighted by Gasteiger charge is 2.64. The van der Waals surface area contributed by atoms with E-state index in [9.17, 15) is 48.0 Å². The van der Waals surface area contributed by atoms with E-state index >= 15 is 0 Å². The Morgan fingerprint density at radius 3 is 2.62 bits per heavy atom. The summed E-state index contributed by atoms with van der Waals surface area (Å²) in [6.07, 6.45) is 9.83. The van der Waals surface area contributed by atoms with E-state index in [-0.39, 0.29) is 54.1 Å². The molecule has 0 saturated heterocycles. The monoisotopic (exact) mass is 784 g/mol. The smallest absolute Gasteiger partial charge is 0.416 e. The number of rotatable bonds is 14. The molecule has 3 saturated carbocycles. The molecule has 0 radical (unpaired) electrons. The maximum absolute atomic E-state index is 13.5. The van der Waals surface area contributed by atoms with Crippen LogP contribution < -0.4 is 4.74 Å².